The highest BCUT2D eigenvalue weighted by molar-refractivity contribution is 5.88. The average Bonchev–Trinajstić information content (AvgIpc) is 2.39. The summed E-state index contributed by atoms with van der Waals surface area (Å²) in [5.41, 5.74) is -0.713. The van der Waals surface area contributed by atoms with Crippen LogP contribution in [0.1, 0.15) is 10.4 Å². The molecule has 0 radical (unpaired) electrons. The minimum absolute atomic E-state index is 0.180. The predicted molar refractivity (Wildman–Crippen MR) is 66.0 cm³/mol. The number of nitrogens with one attached hydrogen (secondary N) is 1. The van der Waals surface area contributed by atoms with E-state index < -0.39 is 22.9 Å². The van der Waals surface area contributed by atoms with E-state index in [1.54, 1.807) is 6.07 Å². The van der Waals surface area contributed by atoms with Crippen LogP contribution in [0.3, 0.4) is 0 Å². The molecule has 6 heteroatoms. The molecule has 19 heavy (non-hydrogen) atoms. The molecule has 5 nitrogen and oxygen atoms in total. The SMILES string of the molecule is COc1ccc(-c2c[nH]c(=O)c(C(=O)O)c2)c(F)c1. The van der Waals surface area contributed by atoms with Gasteiger partial charge in [-0.2, -0.15) is 0 Å². The Hall–Kier alpha value is -2.63. The maximum absolute atomic E-state index is 13.8. The molecule has 0 fully saturated rings. The van der Waals surface area contributed by atoms with E-state index in [9.17, 15) is 14.0 Å². The monoisotopic (exact) mass is 263 g/mol. The fourth-order valence-corrected chi connectivity index (χ4v) is 1.66. The summed E-state index contributed by atoms with van der Waals surface area (Å²) in [6, 6.07) is 5.31. The zero-order valence-electron chi connectivity index (χ0n) is 9.94. The standard InChI is InChI=1S/C13H10FNO4/c1-19-8-2-3-9(11(14)5-8)7-4-10(13(17)18)12(16)15-6-7/h2-6H,1H3,(H,15,16)(H,17,18). The van der Waals surface area contributed by atoms with Gasteiger partial charge in [0.15, 0.2) is 0 Å². The first kappa shape index (κ1) is 12.8. The number of aromatic amines is 1. The molecule has 98 valence electrons. The van der Waals surface area contributed by atoms with Crippen LogP contribution in [0.2, 0.25) is 0 Å². The van der Waals surface area contributed by atoms with Gasteiger partial charge >= 0.3 is 5.97 Å². The number of halogens is 1. The molecule has 0 aliphatic heterocycles. The fourth-order valence-electron chi connectivity index (χ4n) is 1.66. The number of carboxylic acids is 1. The highest BCUT2D eigenvalue weighted by atomic mass is 19.1. The second-order valence-electron chi connectivity index (χ2n) is 3.78. The van der Waals surface area contributed by atoms with E-state index in [4.69, 9.17) is 9.84 Å². The van der Waals surface area contributed by atoms with Crippen molar-refractivity contribution in [3.05, 3.63) is 52.2 Å². The van der Waals surface area contributed by atoms with Gasteiger partial charge in [0.25, 0.3) is 5.56 Å². The number of carbonyl (C=O) groups is 1. The number of pyridine rings is 1. The predicted octanol–water partition coefficient (Wildman–Crippen LogP) is 1.89. The summed E-state index contributed by atoms with van der Waals surface area (Å²) in [5.74, 6) is -1.58. The molecule has 0 saturated carbocycles. The smallest absolute Gasteiger partial charge is 0.341 e. The molecule has 0 aliphatic rings. The Morgan fingerprint density at radius 1 is 1.37 bits per heavy atom. The van der Waals surface area contributed by atoms with Gasteiger partial charge in [0, 0.05) is 23.4 Å². The highest BCUT2D eigenvalue weighted by Gasteiger charge is 2.13. The minimum atomic E-state index is -1.36. The number of H-pyrrole nitrogens is 1. The lowest BCUT2D eigenvalue weighted by Crippen LogP contribution is -2.16. The van der Waals surface area contributed by atoms with Crippen LogP contribution in [-0.4, -0.2) is 23.2 Å². The fraction of sp³-hybridized carbons (Fsp3) is 0.0769. The van der Waals surface area contributed by atoms with Crippen LogP contribution in [0, 0.1) is 5.82 Å². The highest BCUT2D eigenvalue weighted by Crippen LogP contribution is 2.25. The number of rotatable bonds is 3. The van der Waals surface area contributed by atoms with E-state index >= 15 is 0 Å². The summed E-state index contributed by atoms with van der Waals surface area (Å²) >= 11 is 0. The third-order valence-corrected chi connectivity index (χ3v) is 2.62. The lowest BCUT2D eigenvalue weighted by molar-refractivity contribution is 0.0695. The van der Waals surface area contributed by atoms with Crippen LogP contribution >= 0.6 is 0 Å². The van der Waals surface area contributed by atoms with Gasteiger partial charge in [0.05, 0.1) is 7.11 Å². The van der Waals surface area contributed by atoms with Gasteiger partial charge in [-0.25, -0.2) is 9.18 Å². The zero-order valence-corrected chi connectivity index (χ0v) is 9.94. The number of aromatic nitrogens is 1. The number of methoxy groups -OCH3 is 1. The molecule has 0 amide bonds. The third-order valence-electron chi connectivity index (χ3n) is 2.62. The Bertz CT molecular complexity index is 693. The number of hydrogen-bond acceptors (Lipinski definition) is 3. The number of carboxylic acid groups (broad SMARTS) is 1. The van der Waals surface area contributed by atoms with Crippen molar-refractivity contribution in [2.24, 2.45) is 0 Å². The summed E-state index contributed by atoms with van der Waals surface area (Å²) in [5, 5.41) is 8.85. The summed E-state index contributed by atoms with van der Waals surface area (Å²) in [7, 11) is 1.41. The van der Waals surface area contributed by atoms with Gasteiger partial charge in [-0.05, 0) is 18.2 Å². The van der Waals surface area contributed by atoms with E-state index in [-0.39, 0.29) is 11.1 Å². The average molecular weight is 263 g/mol. The van der Waals surface area contributed by atoms with E-state index in [0.717, 1.165) is 6.07 Å². The first-order valence-corrected chi connectivity index (χ1v) is 5.33. The Kier molecular flexibility index (Phi) is 3.33. The van der Waals surface area contributed by atoms with Crippen LogP contribution in [0.5, 0.6) is 5.75 Å². The van der Waals surface area contributed by atoms with Gasteiger partial charge in [-0.15, -0.1) is 0 Å². The molecular weight excluding hydrogens is 253 g/mol. The van der Waals surface area contributed by atoms with Gasteiger partial charge in [-0.3, -0.25) is 4.79 Å². The van der Waals surface area contributed by atoms with Crippen molar-refractivity contribution in [2.45, 2.75) is 0 Å². The van der Waals surface area contributed by atoms with E-state index in [1.807, 2.05) is 0 Å². The van der Waals surface area contributed by atoms with Crippen molar-refractivity contribution in [1.29, 1.82) is 0 Å². The van der Waals surface area contributed by atoms with Crippen molar-refractivity contribution in [2.75, 3.05) is 7.11 Å². The molecule has 1 aromatic carbocycles. The first-order valence-electron chi connectivity index (χ1n) is 5.33. The number of aromatic carboxylic acids is 1. The Morgan fingerprint density at radius 2 is 2.11 bits per heavy atom. The van der Waals surface area contributed by atoms with E-state index in [0.29, 0.717) is 5.75 Å². The van der Waals surface area contributed by atoms with Crippen molar-refractivity contribution >= 4 is 5.97 Å². The van der Waals surface area contributed by atoms with Crippen LogP contribution in [-0.2, 0) is 0 Å². The van der Waals surface area contributed by atoms with Gasteiger partial charge < -0.3 is 14.8 Å². The molecule has 0 unspecified atom stereocenters. The molecule has 0 spiro atoms. The first-order chi connectivity index (χ1) is 9.02. The van der Waals surface area contributed by atoms with Gasteiger partial charge in [0.1, 0.15) is 17.1 Å². The Balaban J connectivity index is 2.56. The summed E-state index contributed by atoms with van der Waals surface area (Å²) in [6.07, 6.45) is 1.26. The second kappa shape index (κ2) is 4.93. The van der Waals surface area contributed by atoms with Crippen molar-refractivity contribution < 1.29 is 19.0 Å². The maximum atomic E-state index is 13.8. The molecule has 0 atom stereocenters. The summed E-state index contributed by atoms with van der Waals surface area (Å²) in [6.45, 7) is 0. The van der Waals surface area contributed by atoms with Crippen molar-refractivity contribution in [3.8, 4) is 16.9 Å². The second-order valence-corrected chi connectivity index (χ2v) is 3.78. The molecule has 1 heterocycles. The molecule has 2 aromatic rings. The van der Waals surface area contributed by atoms with Crippen molar-refractivity contribution in [3.63, 3.8) is 0 Å². The van der Waals surface area contributed by atoms with E-state index in [2.05, 4.69) is 4.98 Å². The molecule has 2 N–H and O–H groups in total. The van der Waals surface area contributed by atoms with Gasteiger partial charge in [0.2, 0.25) is 0 Å². The van der Waals surface area contributed by atoms with E-state index in [1.165, 1.54) is 25.4 Å². The number of ether oxygens (including phenoxy) is 1. The van der Waals surface area contributed by atoms with Crippen LogP contribution < -0.4 is 10.3 Å². The maximum Gasteiger partial charge on any atom is 0.341 e. The van der Waals surface area contributed by atoms with Crippen molar-refractivity contribution in [1.82, 2.24) is 4.98 Å². The molecule has 0 saturated heterocycles. The molecule has 1 aromatic heterocycles. The third kappa shape index (κ3) is 2.47. The van der Waals surface area contributed by atoms with Crippen LogP contribution in [0.25, 0.3) is 11.1 Å². The topological polar surface area (TPSA) is 79.4 Å². The summed E-state index contributed by atoms with van der Waals surface area (Å²) < 4.78 is 18.7. The quantitative estimate of drug-likeness (QED) is 0.886. The Morgan fingerprint density at radius 3 is 2.68 bits per heavy atom. The molecule has 0 aliphatic carbocycles. The lowest BCUT2D eigenvalue weighted by atomic mass is 10.1. The number of benzene rings is 1. The largest absolute Gasteiger partial charge is 0.497 e. The summed E-state index contributed by atoms with van der Waals surface area (Å²) in [4.78, 5) is 24.4. The van der Waals surface area contributed by atoms with Crippen LogP contribution in [0.4, 0.5) is 4.39 Å². The number of hydrogen-bond donors (Lipinski definition) is 2. The molecule has 0 bridgehead atoms. The Labute approximate surface area is 107 Å². The molecule has 2 rings (SSSR count). The minimum Gasteiger partial charge on any atom is -0.497 e. The lowest BCUT2D eigenvalue weighted by Gasteiger charge is -2.06. The van der Waals surface area contributed by atoms with Crippen LogP contribution in [0.15, 0.2) is 35.3 Å². The molecular formula is C13H10FNO4. The van der Waals surface area contributed by atoms with Gasteiger partial charge in [-0.1, -0.05) is 0 Å². The normalized spacial score (nSPS) is 10.2. The zero-order chi connectivity index (χ0) is 14.0.